The van der Waals surface area contributed by atoms with Crippen LogP contribution in [-0.4, -0.2) is 28.6 Å². The maximum Gasteiger partial charge on any atom is 0.196 e. The largest absolute Gasteiger partial charge is 0.507 e. The molecule has 0 radical (unpaired) electrons. The highest BCUT2D eigenvalue weighted by Gasteiger charge is 2.24. The highest BCUT2D eigenvalue weighted by atomic mass is 16.5. The van der Waals surface area contributed by atoms with Gasteiger partial charge in [-0.15, -0.1) is 0 Å². The Kier molecular flexibility index (Phi) is 7.11. The molecule has 1 unspecified atom stereocenters. The van der Waals surface area contributed by atoms with Crippen LogP contribution in [0.4, 0.5) is 0 Å². The molecule has 0 aromatic heterocycles. The average Bonchev–Trinajstić information content (AvgIpc) is 2.69. The van der Waals surface area contributed by atoms with Crippen molar-refractivity contribution in [3.63, 3.8) is 0 Å². The fourth-order valence-electron chi connectivity index (χ4n) is 2.53. The number of hydrogen-bond donors (Lipinski definition) is 1. The lowest BCUT2D eigenvalue weighted by Crippen LogP contribution is -2.21. The SMILES string of the molecule is CC(C)(C)N=NC(C)(C#N)CCCOc1ccc(C(=O)c2ccccc2)c(O)c1. The Bertz CT molecular complexity index is 911. The van der Waals surface area contributed by atoms with Gasteiger partial charge >= 0.3 is 0 Å². The maximum absolute atomic E-state index is 12.5. The Hall–Kier alpha value is -3.20. The highest BCUT2D eigenvalue weighted by molar-refractivity contribution is 6.10. The van der Waals surface area contributed by atoms with E-state index in [9.17, 15) is 15.2 Å². The van der Waals surface area contributed by atoms with Gasteiger partial charge in [0, 0.05) is 11.6 Å². The van der Waals surface area contributed by atoms with E-state index in [2.05, 4.69) is 16.3 Å². The number of rotatable bonds is 8. The summed E-state index contributed by atoms with van der Waals surface area (Å²) in [6.45, 7) is 7.88. The molecule has 152 valence electrons. The van der Waals surface area contributed by atoms with Crippen molar-refractivity contribution in [1.29, 1.82) is 5.26 Å². The number of carbonyl (C=O) groups excluding carboxylic acids is 1. The lowest BCUT2D eigenvalue weighted by atomic mass is 9.99. The number of nitrogens with zero attached hydrogens (tertiary/aromatic N) is 3. The quantitative estimate of drug-likeness (QED) is 0.373. The van der Waals surface area contributed by atoms with Gasteiger partial charge in [-0.1, -0.05) is 30.3 Å². The van der Waals surface area contributed by atoms with Crippen molar-refractivity contribution < 1.29 is 14.6 Å². The molecule has 0 saturated carbocycles. The van der Waals surface area contributed by atoms with Crippen LogP contribution < -0.4 is 4.74 Å². The van der Waals surface area contributed by atoms with Crippen molar-refractivity contribution in [1.82, 2.24) is 0 Å². The number of azo groups is 1. The summed E-state index contributed by atoms with van der Waals surface area (Å²) >= 11 is 0. The first-order valence-corrected chi connectivity index (χ1v) is 9.54. The number of hydrogen-bond acceptors (Lipinski definition) is 6. The molecule has 6 heteroatoms. The van der Waals surface area contributed by atoms with E-state index in [1.54, 1.807) is 43.3 Å². The summed E-state index contributed by atoms with van der Waals surface area (Å²) in [6, 6.07) is 15.6. The van der Waals surface area contributed by atoms with E-state index in [0.29, 0.717) is 30.8 Å². The van der Waals surface area contributed by atoms with E-state index in [1.807, 2.05) is 26.8 Å². The molecule has 0 aliphatic carbocycles. The summed E-state index contributed by atoms with van der Waals surface area (Å²) in [7, 11) is 0. The van der Waals surface area contributed by atoms with Crippen molar-refractivity contribution in [3.05, 3.63) is 59.7 Å². The Morgan fingerprint density at radius 2 is 1.79 bits per heavy atom. The van der Waals surface area contributed by atoms with Gasteiger partial charge in [0.05, 0.1) is 23.8 Å². The summed E-state index contributed by atoms with van der Waals surface area (Å²) < 4.78 is 5.66. The standard InChI is InChI=1S/C23H27N3O3/c1-22(2,3)25-26-23(4,16-24)13-8-14-29-18-11-12-19(20(27)15-18)21(28)17-9-6-5-7-10-17/h5-7,9-12,15,27H,8,13-14H2,1-4H3. The summed E-state index contributed by atoms with van der Waals surface area (Å²) in [5.74, 6) is 0.0860. The zero-order valence-corrected chi connectivity index (χ0v) is 17.3. The summed E-state index contributed by atoms with van der Waals surface area (Å²) in [6.07, 6.45) is 1.10. The van der Waals surface area contributed by atoms with Gasteiger partial charge in [0.1, 0.15) is 11.5 Å². The van der Waals surface area contributed by atoms with E-state index in [1.165, 1.54) is 6.07 Å². The third-order valence-electron chi connectivity index (χ3n) is 4.14. The zero-order chi connectivity index (χ0) is 21.5. The third kappa shape index (κ3) is 6.72. The molecule has 0 amide bonds. The summed E-state index contributed by atoms with van der Waals surface area (Å²) in [4.78, 5) is 12.5. The van der Waals surface area contributed by atoms with Crippen LogP contribution in [0.25, 0.3) is 0 Å². The van der Waals surface area contributed by atoms with Gasteiger partial charge in [0.15, 0.2) is 11.3 Å². The molecule has 2 rings (SSSR count). The van der Waals surface area contributed by atoms with E-state index in [-0.39, 0.29) is 22.6 Å². The van der Waals surface area contributed by atoms with Gasteiger partial charge in [-0.2, -0.15) is 15.5 Å². The van der Waals surface area contributed by atoms with E-state index < -0.39 is 5.54 Å². The molecule has 2 aromatic rings. The van der Waals surface area contributed by atoms with Gasteiger partial charge in [-0.3, -0.25) is 4.79 Å². The molecule has 0 fully saturated rings. The molecule has 29 heavy (non-hydrogen) atoms. The predicted molar refractivity (Wildman–Crippen MR) is 111 cm³/mol. The average molecular weight is 393 g/mol. The van der Waals surface area contributed by atoms with Crippen LogP contribution in [0.1, 0.15) is 56.5 Å². The molecular weight excluding hydrogens is 366 g/mol. The van der Waals surface area contributed by atoms with Gasteiger partial charge in [0.25, 0.3) is 0 Å². The van der Waals surface area contributed by atoms with E-state index >= 15 is 0 Å². The van der Waals surface area contributed by atoms with Crippen molar-refractivity contribution in [2.24, 2.45) is 10.2 Å². The minimum Gasteiger partial charge on any atom is -0.507 e. The lowest BCUT2D eigenvalue weighted by Gasteiger charge is -2.18. The van der Waals surface area contributed by atoms with E-state index in [4.69, 9.17) is 4.74 Å². The number of benzene rings is 2. The number of carbonyl (C=O) groups is 1. The highest BCUT2D eigenvalue weighted by Crippen LogP contribution is 2.26. The fourth-order valence-corrected chi connectivity index (χ4v) is 2.53. The van der Waals surface area contributed by atoms with Crippen molar-refractivity contribution in [3.8, 4) is 17.6 Å². The molecule has 1 N–H and O–H groups in total. The summed E-state index contributed by atoms with van der Waals surface area (Å²) in [5, 5.41) is 28.0. The van der Waals surface area contributed by atoms with Crippen molar-refractivity contribution in [2.45, 2.75) is 51.6 Å². The number of phenolic OH excluding ortho intramolecular Hbond substituents is 1. The minimum absolute atomic E-state index is 0.128. The van der Waals surface area contributed by atoms with Gasteiger partial charge < -0.3 is 9.84 Å². The number of nitriles is 1. The molecule has 0 aliphatic rings. The van der Waals surface area contributed by atoms with E-state index in [0.717, 1.165) is 0 Å². The Labute approximate surface area is 171 Å². The molecule has 1 atom stereocenters. The fraction of sp³-hybridized carbons (Fsp3) is 0.391. The number of aromatic hydroxyl groups is 1. The Balaban J connectivity index is 1.93. The molecule has 0 aliphatic heterocycles. The minimum atomic E-state index is -0.898. The topological polar surface area (TPSA) is 95.0 Å². The van der Waals surface area contributed by atoms with Crippen LogP contribution in [-0.2, 0) is 0 Å². The molecule has 0 heterocycles. The van der Waals surface area contributed by atoms with Crippen LogP contribution in [0.2, 0.25) is 0 Å². The normalized spacial score (nSPS) is 13.6. The van der Waals surface area contributed by atoms with Crippen LogP contribution >= 0.6 is 0 Å². The second kappa shape index (κ2) is 9.33. The van der Waals surface area contributed by atoms with Crippen LogP contribution in [0.3, 0.4) is 0 Å². The number of phenols is 1. The zero-order valence-electron chi connectivity index (χ0n) is 17.3. The Morgan fingerprint density at radius 3 is 2.38 bits per heavy atom. The first-order chi connectivity index (χ1) is 13.6. The van der Waals surface area contributed by atoms with Gasteiger partial charge in [0.2, 0.25) is 0 Å². The second-order valence-corrected chi connectivity index (χ2v) is 8.08. The maximum atomic E-state index is 12.5. The smallest absolute Gasteiger partial charge is 0.196 e. The van der Waals surface area contributed by atoms with Gasteiger partial charge in [-0.25, -0.2) is 0 Å². The molecule has 6 nitrogen and oxygen atoms in total. The van der Waals surface area contributed by atoms with Crippen molar-refractivity contribution >= 4 is 5.78 Å². The Morgan fingerprint density at radius 1 is 1.10 bits per heavy atom. The van der Waals surface area contributed by atoms with Crippen molar-refractivity contribution in [2.75, 3.05) is 6.61 Å². The molecule has 0 bridgehead atoms. The third-order valence-corrected chi connectivity index (χ3v) is 4.14. The lowest BCUT2D eigenvalue weighted by molar-refractivity contribution is 0.103. The van der Waals surface area contributed by atoms with Crippen LogP contribution in [0, 0.1) is 11.3 Å². The monoisotopic (exact) mass is 393 g/mol. The van der Waals surface area contributed by atoms with Crippen LogP contribution in [0.5, 0.6) is 11.5 Å². The summed E-state index contributed by atoms with van der Waals surface area (Å²) in [5.41, 5.74) is -0.490. The predicted octanol–water partition coefficient (Wildman–Crippen LogP) is 5.32. The second-order valence-electron chi connectivity index (χ2n) is 8.08. The molecule has 0 spiro atoms. The number of ketones is 1. The van der Waals surface area contributed by atoms with Crippen LogP contribution in [0.15, 0.2) is 58.8 Å². The number of ether oxygens (including phenoxy) is 1. The van der Waals surface area contributed by atoms with Gasteiger partial charge in [-0.05, 0) is 52.7 Å². The first-order valence-electron chi connectivity index (χ1n) is 9.54. The molecule has 0 saturated heterocycles. The first kappa shape index (κ1) is 22.1. The molecule has 2 aromatic carbocycles. The molecular formula is C23H27N3O3.